The lowest BCUT2D eigenvalue weighted by atomic mass is 9.89. The van der Waals surface area contributed by atoms with E-state index >= 15 is 0 Å². The quantitative estimate of drug-likeness (QED) is 0.771. The normalized spacial score (nSPS) is 15.3. The minimum absolute atomic E-state index is 0.270. The fraction of sp³-hybridized carbons (Fsp3) is 0.350. The van der Waals surface area contributed by atoms with E-state index in [9.17, 15) is 19.2 Å². The van der Waals surface area contributed by atoms with Crippen molar-refractivity contribution in [3.63, 3.8) is 0 Å². The first kappa shape index (κ1) is 19.8. The number of nitriles is 1. The monoisotopic (exact) mass is 402 g/mol. The topological polar surface area (TPSA) is 88.4 Å². The van der Waals surface area contributed by atoms with E-state index in [4.69, 9.17) is 9.47 Å². The molecular formula is C20H19FN2O4S. The standard InChI is InChI=1S/C20H19FN2O4S/c1-11-3-5-13-15(9-22)19(28-17(13)7-11)23-18(24)10-27-20(25)14-6-4-12(26-2)8-16(14)21/h4,6,8,11H,3,5,7,10H2,1-2H3,(H,23,24)/t11-/m0/s1. The highest BCUT2D eigenvalue weighted by Gasteiger charge is 2.25. The lowest BCUT2D eigenvalue weighted by Gasteiger charge is -2.17. The summed E-state index contributed by atoms with van der Waals surface area (Å²) in [6, 6.07) is 5.88. The molecule has 6 nitrogen and oxygen atoms in total. The van der Waals surface area contributed by atoms with Gasteiger partial charge in [0.25, 0.3) is 5.91 Å². The second-order valence-electron chi connectivity index (χ2n) is 6.64. The first-order valence-electron chi connectivity index (χ1n) is 8.78. The van der Waals surface area contributed by atoms with Gasteiger partial charge in [0.1, 0.15) is 22.6 Å². The van der Waals surface area contributed by atoms with E-state index in [0.717, 1.165) is 35.8 Å². The van der Waals surface area contributed by atoms with Crippen molar-refractivity contribution < 1.29 is 23.5 Å². The van der Waals surface area contributed by atoms with Gasteiger partial charge >= 0.3 is 5.97 Å². The third kappa shape index (κ3) is 4.15. The molecule has 1 heterocycles. The van der Waals surface area contributed by atoms with Crippen molar-refractivity contribution in [2.75, 3.05) is 19.0 Å². The van der Waals surface area contributed by atoms with Crippen LogP contribution in [0, 0.1) is 23.1 Å². The Morgan fingerprint density at radius 2 is 2.21 bits per heavy atom. The molecule has 3 rings (SSSR count). The predicted octanol–water partition coefficient (Wildman–Crippen LogP) is 3.69. The van der Waals surface area contributed by atoms with E-state index in [1.165, 1.54) is 30.6 Å². The zero-order valence-corrected chi connectivity index (χ0v) is 16.3. The van der Waals surface area contributed by atoms with Crippen LogP contribution < -0.4 is 10.1 Å². The Labute approximate surface area is 165 Å². The molecule has 0 saturated heterocycles. The number of amides is 1. The third-order valence-corrected chi connectivity index (χ3v) is 5.78. The summed E-state index contributed by atoms with van der Waals surface area (Å²) in [6.45, 7) is 1.58. The van der Waals surface area contributed by atoms with E-state index in [1.54, 1.807) is 0 Å². The molecule has 1 aromatic carbocycles. The number of hydrogen-bond acceptors (Lipinski definition) is 6. The van der Waals surface area contributed by atoms with Crippen molar-refractivity contribution >= 4 is 28.2 Å². The molecular weight excluding hydrogens is 383 g/mol. The summed E-state index contributed by atoms with van der Waals surface area (Å²) < 4.78 is 23.7. The van der Waals surface area contributed by atoms with Gasteiger partial charge in [0.2, 0.25) is 0 Å². The number of benzene rings is 1. The minimum Gasteiger partial charge on any atom is -0.497 e. The SMILES string of the molecule is COc1ccc(C(=O)OCC(=O)Nc2sc3c(c2C#N)CC[C@H](C)C3)c(F)c1. The van der Waals surface area contributed by atoms with Crippen molar-refractivity contribution in [2.24, 2.45) is 5.92 Å². The number of rotatable bonds is 5. The fourth-order valence-corrected chi connectivity index (χ4v) is 4.49. The number of methoxy groups -OCH3 is 1. The molecule has 1 amide bonds. The lowest BCUT2D eigenvalue weighted by molar-refractivity contribution is -0.119. The van der Waals surface area contributed by atoms with Crippen LogP contribution in [0.1, 0.15) is 39.7 Å². The molecule has 0 unspecified atom stereocenters. The second-order valence-corrected chi connectivity index (χ2v) is 7.74. The number of esters is 1. The molecule has 2 aromatic rings. The number of hydrogen-bond donors (Lipinski definition) is 1. The Bertz CT molecular complexity index is 964. The molecule has 0 saturated carbocycles. The van der Waals surface area contributed by atoms with E-state index in [1.807, 2.05) is 0 Å². The van der Waals surface area contributed by atoms with Gasteiger partial charge in [-0.2, -0.15) is 5.26 Å². The van der Waals surface area contributed by atoms with Gasteiger partial charge in [-0.1, -0.05) is 6.92 Å². The first-order chi connectivity index (χ1) is 13.4. The molecule has 0 radical (unpaired) electrons. The number of carbonyl (C=O) groups excluding carboxylic acids is 2. The van der Waals surface area contributed by atoms with E-state index in [-0.39, 0.29) is 11.3 Å². The summed E-state index contributed by atoms with van der Waals surface area (Å²) in [7, 11) is 1.38. The average molecular weight is 402 g/mol. The zero-order valence-electron chi connectivity index (χ0n) is 15.5. The van der Waals surface area contributed by atoms with E-state index in [0.29, 0.717) is 16.5 Å². The van der Waals surface area contributed by atoms with Gasteiger partial charge < -0.3 is 14.8 Å². The molecule has 8 heteroatoms. The van der Waals surface area contributed by atoms with E-state index in [2.05, 4.69) is 18.3 Å². The molecule has 0 bridgehead atoms. The van der Waals surface area contributed by atoms with Gasteiger partial charge in [-0.3, -0.25) is 4.79 Å². The van der Waals surface area contributed by atoms with Crippen molar-refractivity contribution in [3.8, 4) is 11.8 Å². The van der Waals surface area contributed by atoms with Crippen LogP contribution in [0.15, 0.2) is 18.2 Å². The van der Waals surface area contributed by atoms with Crippen LogP contribution in [-0.2, 0) is 22.4 Å². The van der Waals surface area contributed by atoms with Crippen LogP contribution in [0.3, 0.4) is 0 Å². The second kappa shape index (κ2) is 8.40. The number of nitrogens with one attached hydrogen (secondary N) is 1. The summed E-state index contributed by atoms with van der Waals surface area (Å²) in [5.74, 6) is -1.51. The number of fused-ring (bicyclic) bond motifs is 1. The van der Waals surface area contributed by atoms with Crippen LogP contribution in [-0.4, -0.2) is 25.6 Å². The molecule has 0 spiro atoms. The highest BCUT2D eigenvalue weighted by Crippen LogP contribution is 2.39. The summed E-state index contributed by atoms with van der Waals surface area (Å²) in [5.41, 5.74) is 1.19. The molecule has 1 aromatic heterocycles. The van der Waals surface area contributed by atoms with Gasteiger partial charge in [-0.05, 0) is 42.9 Å². The summed E-state index contributed by atoms with van der Waals surface area (Å²) in [4.78, 5) is 25.3. The summed E-state index contributed by atoms with van der Waals surface area (Å²) >= 11 is 1.39. The van der Waals surface area contributed by atoms with Crippen molar-refractivity contribution in [1.82, 2.24) is 0 Å². The zero-order chi connectivity index (χ0) is 20.3. The molecule has 0 aliphatic heterocycles. The molecule has 0 fully saturated rings. The number of nitrogens with zero attached hydrogens (tertiary/aromatic N) is 1. The van der Waals surface area contributed by atoms with Gasteiger partial charge in [0, 0.05) is 10.9 Å². The van der Waals surface area contributed by atoms with Gasteiger partial charge in [0.05, 0.1) is 18.2 Å². The maximum atomic E-state index is 13.9. The summed E-state index contributed by atoms with van der Waals surface area (Å²) in [6.07, 6.45) is 2.71. The Hall–Kier alpha value is -2.92. The van der Waals surface area contributed by atoms with Gasteiger partial charge in [0.15, 0.2) is 6.61 Å². The van der Waals surface area contributed by atoms with Crippen molar-refractivity contribution in [2.45, 2.75) is 26.2 Å². The highest BCUT2D eigenvalue weighted by molar-refractivity contribution is 7.16. The van der Waals surface area contributed by atoms with Crippen molar-refractivity contribution in [1.29, 1.82) is 5.26 Å². The average Bonchev–Trinajstić information content (AvgIpc) is 3.01. The van der Waals surface area contributed by atoms with Crippen LogP contribution in [0.2, 0.25) is 0 Å². The Balaban J connectivity index is 1.64. The number of thiophene rings is 1. The first-order valence-corrected chi connectivity index (χ1v) is 9.59. The van der Waals surface area contributed by atoms with Crippen molar-refractivity contribution in [3.05, 3.63) is 45.6 Å². The number of ether oxygens (including phenoxy) is 2. The van der Waals surface area contributed by atoms with Gasteiger partial charge in [-0.25, -0.2) is 9.18 Å². The third-order valence-electron chi connectivity index (χ3n) is 4.61. The largest absolute Gasteiger partial charge is 0.497 e. The highest BCUT2D eigenvalue weighted by atomic mass is 32.1. The number of carbonyl (C=O) groups is 2. The smallest absolute Gasteiger partial charge is 0.341 e. The molecule has 1 N–H and O–H groups in total. The predicted molar refractivity (Wildman–Crippen MR) is 102 cm³/mol. The van der Waals surface area contributed by atoms with Crippen LogP contribution >= 0.6 is 11.3 Å². The number of anilines is 1. The Morgan fingerprint density at radius 3 is 2.89 bits per heavy atom. The minimum atomic E-state index is -0.949. The van der Waals surface area contributed by atoms with Crippen LogP contribution in [0.5, 0.6) is 5.75 Å². The van der Waals surface area contributed by atoms with Crippen LogP contribution in [0.25, 0.3) is 0 Å². The van der Waals surface area contributed by atoms with Gasteiger partial charge in [-0.15, -0.1) is 11.3 Å². The maximum absolute atomic E-state index is 13.9. The lowest BCUT2D eigenvalue weighted by Crippen LogP contribution is -2.21. The molecule has 1 aliphatic carbocycles. The Kier molecular flexibility index (Phi) is 5.95. The molecule has 1 aliphatic rings. The summed E-state index contributed by atoms with van der Waals surface area (Å²) in [5, 5.41) is 12.6. The fourth-order valence-electron chi connectivity index (χ4n) is 3.12. The molecule has 146 valence electrons. The van der Waals surface area contributed by atoms with E-state index < -0.39 is 24.3 Å². The molecule has 28 heavy (non-hydrogen) atoms. The maximum Gasteiger partial charge on any atom is 0.341 e. The molecule has 1 atom stereocenters. The van der Waals surface area contributed by atoms with Crippen LogP contribution in [0.4, 0.5) is 9.39 Å². The Morgan fingerprint density at radius 1 is 1.43 bits per heavy atom. The number of halogens is 1.